The van der Waals surface area contributed by atoms with E-state index >= 15 is 0 Å². The zero-order chi connectivity index (χ0) is 24.7. The molecule has 3 N–H and O–H groups in total. The number of carbonyl (C=O) groups is 4. The first kappa shape index (κ1) is 25.5. The molecule has 9 heteroatoms. The fourth-order valence-electron chi connectivity index (χ4n) is 4.38. The lowest BCUT2D eigenvalue weighted by Gasteiger charge is -2.27. The summed E-state index contributed by atoms with van der Waals surface area (Å²) in [6.45, 7) is 4.91. The van der Waals surface area contributed by atoms with E-state index in [0.717, 1.165) is 18.4 Å². The van der Waals surface area contributed by atoms with Crippen molar-refractivity contribution < 1.29 is 28.7 Å². The molecule has 34 heavy (non-hydrogen) atoms. The number of hydrogen-bond acceptors (Lipinski definition) is 6. The summed E-state index contributed by atoms with van der Waals surface area (Å²) in [5, 5.41) is 8.17. The quantitative estimate of drug-likeness (QED) is 0.448. The number of carbonyl (C=O) groups excluding carboxylic acids is 4. The lowest BCUT2D eigenvalue weighted by atomic mass is 9.91. The first-order chi connectivity index (χ1) is 16.2. The Morgan fingerprint density at radius 1 is 1.12 bits per heavy atom. The highest BCUT2D eigenvalue weighted by atomic mass is 16.5. The van der Waals surface area contributed by atoms with Crippen LogP contribution in [-0.4, -0.2) is 49.6 Å². The number of alkyl carbamates (subject to hydrolysis) is 1. The van der Waals surface area contributed by atoms with Gasteiger partial charge in [0.05, 0.1) is 7.11 Å². The van der Waals surface area contributed by atoms with Gasteiger partial charge in [0.15, 0.2) is 0 Å². The maximum absolute atomic E-state index is 13.2. The summed E-state index contributed by atoms with van der Waals surface area (Å²) < 4.78 is 10.2. The Morgan fingerprint density at radius 2 is 1.82 bits per heavy atom. The van der Waals surface area contributed by atoms with Crippen LogP contribution in [0.2, 0.25) is 0 Å². The van der Waals surface area contributed by atoms with Crippen molar-refractivity contribution >= 4 is 23.9 Å². The van der Waals surface area contributed by atoms with Gasteiger partial charge >= 0.3 is 12.1 Å². The smallest absolute Gasteiger partial charge is 0.408 e. The molecule has 2 fully saturated rings. The average Bonchev–Trinajstić information content (AvgIpc) is 3.43. The molecule has 0 bridgehead atoms. The number of esters is 1. The van der Waals surface area contributed by atoms with Crippen LogP contribution < -0.4 is 16.0 Å². The summed E-state index contributed by atoms with van der Waals surface area (Å²) in [6, 6.07) is 7.39. The Morgan fingerprint density at radius 3 is 2.44 bits per heavy atom. The lowest BCUT2D eigenvalue weighted by molar-refractivity contribution is -0.146. The number of benzene rings is 1. The molecule has 1 saturated carbocycles. The Bertz CT molecular complexity index is 888. The number of methoxy groups -OCH3 is 1. The van der Waals surface area contributed by atoms with Gasteiger partial charge in [-0.15, -0.1) is 0 Å². The van der Waals surface area contributed by atoms with Crippen LogP contribution in [0, 0.1) is 17.3 Å². The maximum atomic E-state index is 13.2. The third-order valence-corrected chi connectivity index (χ3v) is 6.78. The Balaban J connectivity index is 1.64. The molecule has 0 radical (unpaired) electrons. The van der Waals surface area contributed by atoms with Crippen molar-refractivity contribution in [2.24, 2.45) is 17.3 Å². The highest BCUT2D eigenvalue weighted by Crippen LogP contribution is 2.54. The Hall–Kier alpha value is -3.10. The van der Waals surface area contributed by atoms with Crippen molar-refractivity contribution in [2.75, 3.05) is 13.7 Å². The molecular formula is C25H35N3O6. The molecule has 1 aliphatic carbocycles. The molecule has 3 amide bonds. The Labute approximate surface area is 200 Å². The van der Waals surface area contributed by atoms with Crippen molar-refractivity contribution in [1.82, 2.24) is 16.0 Å². The van der Waals surface area contributed by atoms with Crippen molar-refractivity contribution in [3.05, 3.63) is 35.9 Å². The van der Waals surface area contributed by atoms with Crippen molar-refractivity contribution in [1.29, 1.82) is 0 Å². The van der Waals surface area contributed by atoms with E-state index in [4.69, 9.17) is 9.47 Å². The summed E-state index contributed by atoms with van der Waals surface area (Å²) in [5.41, 5.74) is 0.925. The number of rotatable bonds is 10. The van der Waals surface area contributed by atoms with Gasteiger partial charge in [0, 0.05) is 12.5 Å². The molecular weight excluding hydrogens is 438 g/mol. The molecule has 186 valence electrons. The minimum Gasteiger partial charge on any atom is -0.467 e. The molecule has 1 aromatic rings. The molecule has 4 atom stereocenters. The molecule has 2 aliphatic rings. The van der Waals surface area contributed by atoms with E-state index in [1.165, 1.54) is 7.11 Å². The molecule has 9 nitrogen and oxygen atoms in total. The third-order valence-electron chi connectivity index (χ3n) is 6.78. The van der Waals surface area contributed by atoms with Crippen molar-refractivity contribution in [2.45, 2.75) is 64.6 Å². The van der Waals surface area contributed by atoms with E-state index in [2.05, 4.69) is 29.8 Å². The van der Waals surface area contributed by atoms with Gasteiger partial charge in [-0.25, -0.2) is 9.59 Å². The average molecular weight is 474 g/mol. The SMILES string of the molecule is COC(=O)[C@H](C[C@@H]1CCCNC1=O)NC(=O)C(CC1CC1(C)C)NC(=O)OCc1ccccc1. The molecule has 0 spiro atoms. The zero-order valence-electron chi connectivity index (χ0n) is 20.1. The highest BCUT2D eigenvalue weighted by Gasteiger charge is 2.47. The van der Waals surface area contributed by atoms with E-state index in [1.54, 1.807) is 0 Å². The lowest BCUT2D eigenvalue weighted by Crippen LogP contribution is -2.53. The minimum atomic E-state index is -0.983. The van der Waals surface area contributed by atoms with Gasteiger partial charge in [-0.2, -0.15) is 0 Å². The Kier molecular flexibility index (Phi) is 8.52. The summed E-state index contributed by atoms with van der Waals surface area (Å²) >= 11 is 0. The minimum absolute atomic E-state index is 0.0809. The standard InChI is InChI=1S/C25H35N3O6/c1-25(2)14-18(25)13-19(28-24(32)34-15-16-8-5-4-6-9-16)22(30)27-20(23(31)33-3)12-17-10-7-11-26-21(17)29/h4-6,8-9,17-20H,7,10-15H2,1-3H3,(H,26,29)(H,27,30)(H,28,32)/t17-,18?,19?,20-/m0/s1. The molecule has 1 aromatic carbocycles. The van der Waals surface area contributed by atoms with Crippen LogP contribution in [0.5, 0.6) is 0 Å². The monoisotopic (exact) mass is 473 g/mol. The van der Waals surface area contributed by atoms with Gasteiger partial charge in [0.1, 0.15) is 18.7 Å². The maximum Gasteiger partial charge on any atom is 0.408 e. The topological polar surface area (TPSA) is 123 Å². The van der Waals surface area contributed by atoms with Crippen molar-refractivity contribution in [3.63, 3.8) is 0 Å². The summed E-state index contributed by atoms with van der Waals surface area (Å²) in [7, 11) is 1.24. The number of amides is 3. The molecule has 1 heterocycles. The second-order valence-corrected chi connectivity index (χ2v) is 9.83. The molecule has 1 saturated heterocycles. The van der Waals surface area contributed by atoms with Gasteiger partial charge in [-0.05, 0) is 49.0 Å². The second-order valence-electron chi connectivity index (χ2n) is 9.83. The number of hydrogen-bond donors (Lipinski definition) is 3. The number of piperidine rings is 1. The number of ether oxygens (including phenoxy) is 2. The summed E-state index contributed by atoms with van der Waals surface area (Å²) in [5.74, 6) is -1.37. The molecule has 0 aromatic heterocycles. The van der Waals surface area contributed by atoms with Crippen LogP contribution in [-0.2, 0) is 30.5 Å². The van der Waals surface area contributed by atoms with Gasteiger partial charge < -0.3 is 25.4 Å². The normalized spacial score (nSPS) is 22.5. The predicted molar refractivity (Wildman–Crippen MR) is 124 cm³/mol. The second kappa shape index (κ2) is 11.4. The van der Waals surface area contributed by atoms with E-state index in [-0.39, 0.29) is 36.2 Å². The fourth-order valence-corrected chi connectivity index (χ4v) is 4.38. The third kappa shape index (κ3) is 7.20. The highest BCUT2D eigenvalue weighted by molar-refractivity contribution is 5.90. The molecule has 3 rings (SSSR count). The molecule has 2 unspecified atom stereocenters. The fraction of sp³-hybridized carbons (Fsp3) is 0.600. The summed E-state index contributed by atoms with van der Waals surface area (Å²) in [4.78, 5) is 50.2. The molecule has 1 aliphatic heterocycles. The zero-order valence-corrected chi connectivity index (χ0v) is 20.1. The van der Waals surface area contributed by atoms with Crippen LogP contribution >= 0.6 is 0 Å². The van der Waals surface area contributed by atoms with E-state index in [9.17, 15) is 19.2 Å². The van der Waals surface area contributed by atoms with Gasteiger partial charge in [0.25, 0.3) is 0 Å². The van der Waals surface area contributed by atoms with E-state index in [1.807, 2.05) is 30.3 Å². The first-order valence-corrected chi connectivity index (χ1v) is 11.8. The van der Waals surface area contributed by atoms with Crippen LogP contribution in [0.1, 0.15) is 51.5 Å². The first-order valence-electron chi connectivity index (χ1n) is 11.8. The van der Waals surface area contributed by atoms with E-state index in [0.29, 0.717) is 19.4 Å². The van der Waals surface area contributed by atoms with E-state index < -0.39 is 30.1 Å². The van der Waals surface area contributed by atoms with Gasteiger partial charge in [0.2, 0.25) is 11.8 Å². The largest absolute Gasteiger partial charge is 0.467 e. The van der Waals surface area contributed by atoms with Gasteiger partial charge in [-0.3, -0.25) is 9.59 Å². The number of nitrogens with one attached hydrogen (secondary N) is 3. The summed E-state index contributed by atoms with van der Waals surface area (Å²) in [6.07, 6.45) is 2.26. The van der Waals surface area contributed by atoms with Crippen LogP contribution in [0.25, 0.3) is 0 Å². The van der Waals surface area contributed by atoms with Crippen molar-refractivity contribution in [3.8, 4) is 0 Å². The van der Waals surface area contributed by atoms with Gasteiger partial charge in [-0.1, -0.05) is 44.2 Å². The predicted octanol–water partition coefficient (Wildman–Crippen LogP) is 2.29. The van der Waals surface area contributed by atoms with Crippen LogP contribution in [0.15, 0.2) is 30.3 Å². The van der Waals surface area contributed by atoms with Crippen LogP contribution in [0.3, 0.4) is 0 Å². The van der Waals surface area contributed by atoms with Crippen LogP contribution in [0.4, 0.5) is 4.79 Å².